The number of nitrogens with zero attached hydrogens (tertiary/aromatic N) is 3. The maximum Gasteiger partial charge on any atom is 0.321 e. The fourth-order valence-corrected chi connectivity index (χ4v) is 4.82. The van der Waals surface area contributed by atoms with Crippen LogP contribution in [0.25, 0.3) is 0 Å². The molecule has 23 heavy (non-hydrogen) atoms. The number of benzene rings is 1. The molecule has 2 atom stereocenters. The molecule has 1 heterocycles. The molecule has 7 heteroatoms. The number of urea groups is 1. The van der Waals surface area contributed by atoms with Gasteiger partial charge < -0.3 is 9.80 Å². The van der Waals surface area contributed by atoms with E-state index in [1.807, 2.05) is 20.8 Å². The third-order valence-electron chi connectivity index (χ3n) is 4.05. The Balaban J connectivity index is 2.45. The summed E-state index contributed by atoms with van der Waals surface area (Å²) in [6.07, 6.45) is -0.481. The van der Waals surface area contributed by atoms with Crippen molar-refractivity contribution in [1.29, 1.82) is 0 Å². The summed E-state index contributed by atoms with van der Waals surface area (Å²) in [6, 6.07) is 8.05. The van der Waals surface area contributed by atoms with E-state index in [-0.39, 0.29) is 22.9 Å². The summed E-state index contributed by atoms with van der Waals surface area (Å²) in [5, 5.41) is 0. The zero-order valence-corrected chi connectivity index (χ0v) is 15.1. The summed E-state index contributed by atoms with van der Waals surface area (Å²) in [6.45, 7) is 6.06. The van der Waals surface area contributed by atoms with Gasteiger partial charge in [-0.15, -0.1) is 0 Å². The van der Waals surface area contributed by atoms with Crippen molar-refractivity contribution < 1.29 is 13.2 Å². The first kappa shape index (κ1) is 17.7. The second-order valence-electron chi connectivity index (χ2n) is 6.48. The molecule has 0 N–H and O–H groups in total. The number of hydrogen-bond acceptors (Lipinski definition) is 3. The van der Waals surface area contributed by atoms with Gasteiger partial charge in [-0.2, -0.15) is 4.31 Å². The highest BCUT2D eigenvalue weighted by molar-refractivity contribution is 7.89. The average molecular weight is 339 g/mol. The molecule has 0 aliphatic carbocycles. The third kappa shape index (κ3) is 3.21. The van der Waals surface area contributed by atoms with E-state index < -0.39 is 16.2 Å². The molecular weight excluding hydrogens is 314 g/mol. The first-order chi connectivity index (χ1) is 10.7. The van der Waals surface area contributed by atoms with Crippen LogP contribution < -0.4 is 0 Å². The second-order valence-corrected chi connectivity index (χ2v) is 8.37. The van der Waals surface area contributed by atoms with E-state index in [2.05, 4.69) is 0 Å². The molecule has 2 rings (SSSR count). The molecule has 1 aliphatic rings. The normalized spacial score (nSPS) is 22.6. The molecule has 0 saturated carbocycles. The Labute approximate surface area is 138 Å². The van der Waals surface area contributed by atoms with Gasteiger partial charge in [0, 0.05) is 26.7 Å². The molecule has 1 saturated heterocycles. The van der Waals surface area contributed by atoms with Crippen LogP contribution >= 0.6 is 0 Å². The van der Waals surface area contributed by atoms with E-state index in [9.17, 15) is 13.2 Å². The molecule has 1 aromatic rings. The van der Waals surface area contributed by atoms with Gasteiger partial charge in [0.25, 0.3) is 0 Å². The third-order valence-corrected chi connectivity index (χ3v) is 5.90. The molecule has 1 aliphatic heterocycles. The summed E-state index contributed by atoms with van der Waals surface area (Å²) in [5.74, 6) is -0.0117. The Kier molecular flexibility index (Phi) is 5.01. The molecule has 2 unspecified atom stereocenters. The van der Waals surface area contributed by atoms with Gasteiger partial charge in [-0.3, -0.25) is 0 Å². The highest BCUT2D eigenvalue weighted by Crippen LogP contribution is 2.32. The summed E-state index contributed by atoms with van der Waals surface area (Å²) in [4.78, 5) is 15.9. The van der Waals surface area contributed by atoms with E-state index in [0.29, 0.717) is 6.54 Å². The van der Waals surface area contributed by atoms with Crippen LogP contribution in [0, 0.1) is 5.92 Å². The van der Waals surface area contributed by atoms with E-state index >= 15 is 0 Å². The quantitative estimate of drug-likeness (QED) is 0.847. The highest BCUT2D eigenvalue weighted by Gasteiger charge is 2.47. The number of amides is 2. The van der Waals surface area contributed by atoms with Gasteiger partial charge in [0.05, 0.1) is 4.90 Å². The number of rotatable bonds is 3. The van der Waals surface area contributed by atoms with Gasteiger partial charge in [0.2, 0.25) is 10.0 Å². The minimum absolute atomic E-state index is 0.0117. The monoisotopic (exact) mass is 339 g/mol. The minimum Gasteiger partial charge on any atom is -0.331 e. The summed E-state index contributed by atoms with van der Waals surface area (Å²) >= 11 is 0. The van der Waals surface area contributed by atoms with Crippen molar-refractivity contribution in [2.75, 3.05) is 20.6 Å². The van der Waals surface area contributed by atoms with E-state index in [1.165, 1.54) is 9.21 Å². The van der Waals surface area contributed by atoms with E-state index in [0.717, 1.165) is 0 Å². The Morgan fingerprint density at radius 3 is 2.26 bits per heavy atom. The molecule has 1 aromatic carbocycles. The van der Waals surface area contributed by atoms with E-state index in [4.69, 9.17) is 0 Å². The van der Waals surface area contributed by atoms with Crippen LogP contribution in [0.2, 0.25) is 0 Å². The first-order valence-corrected chi connectivity index (χ1v) is 9.18. The lowest BCUT2D eigenvalue weighted by molar-refractivity contribution is 0.116. The van der Waals surface area contributed by atoms with Crippen molar-refractivity contribution >= 4 is 16.1 Å². The molecule has 6 nitrogen and oxygen atoms in total. The lowest BCUT2D eigenvalue weighted by atomic mass is 10.1. The van der Waals surface area contributed by atoms with Crippen LogP contribution in [0.15, 0.2) is 35.2 Å². The van der Waals surface area contributed by atoms with Crippen molar-refractivity contribution in [3.8, 4) is 0 Å². The second kappa shape index (κ2) is 6.49. The fraction of sp³-hybridized carbons (Fsp3) is 0.562. The predicted octanol–water partition coefficient (Wildman–Crippen LogP) is 2.05. The number of carbonyl (C=O) groups excluding carboxylic acids is 1. The lowest BCUT2D eigenvalue weighted by Crippen LogP contribution is -2.51. The standard InChI is InChI=1S/C16H25N3O3S/c1-12(2)15-18(11-13(3)19(15)16(20)17(4)5)23(21,22)14-9-7-6-8-10-14/h6-10,12-13,15H,11H2,1-5H3. The maximum absolute atomic E-state index is 13.0. The number of hydrogen-bond donors (Lipinski definition) is 0. The highest BCUT2D eigenvalue weighted by atomic mass is 32.2. The van der Waals surface area contributed by atoms with Crippen molar-refractivity contribution in [3.63, 3.8) is 0 Å². The van der Waals surface area contributed by atoms with Crippen LogP contribution in [0.1, 0.15) is 20.8 Å². The Morgan fingerprint density at radius 1 is 1.22 bits per heavy atom. The van der Waals surface area contributed by atoms with Crippen LogP contribution in [-0.2, 0) is 10.0 Å². The topological polar surface area (TPSA) is 60.9 Å². The zero-order chi connectivity index (χ0) is 17.4. The van der Waals surface area contributed by atoms with Crippen molar-refractivity contribution in [1.82, 2.24) is 14.1 Å². The summed E-state index contributed by atoms with van der Waals surface area (Å²) in [7, 11) is -0.274. The molecule has 0 radical (unpaired) electrons. The van der Waals surface area contributed by atoms with Crippen LogP contribution in [-0.4, -0.2) is 61.4 Å². The number of carbonyl (C=O) groups is 1. The molecule has 1 fully saturated rings. The van der Waals surface area contributed by atoms with Gasteiger partial charge >= 0.3 is 6.03 Å². The molecule has 2 amide bonds. The number of sulfonamides is 1. The zero-order valence-electron chi connectivity index (χ0n) is 14.3. The fourth-order valence-electron chi connectivity index (χ4n) is 3.01. The van der Waals surface area contributed by atoms with E-state index in [1.54, 1.807) is 49.3 Å². The molecule has 0 aromatic heterocycles. The van der Waals surface area contributed by atoms with Gasteiger partial charge in [0.15, 0.2) is 0 Å². The SMILES string of the molecule is CC(C)C1N(C(=O)N(C)C)C(C)CN1S(=O)(=O)c1ccccc1. The predicted molar refractivity (Wildman–Crippen MR) is 89.3 cm³/mol. The lowest BCUT2D eigenvalue weighted by Gasteiger charge is -2.35. The Hall–Kier alpha value is -1.60. The van der Waals surface area contributed by atoms with Crippen molar-refractivity contribution in [3.05, 3.63) is 30.3 Å². The Bertz CT molecular complexity index is 658. The van der Waals surface area contributed by atoms with Gasteiger partial charge in [-0.1, -0.05) is 32.0 Å². The van der Waals surface area contributed by atoms with Gasteiger partial charge in [-0.25, -0.2) is 13.2 Å². The summed E-state index contributed by atoms with van der Waals surface area (Å²) in [5.41, 5.74) is 0. The van der Waals surface area contributed by atoms with Crippen molar-refractivity contribution in [2.24, 2.45) is 5.92 Å². The molecular formula is C16H25N3O3S. The molecule has 0 spiro atoms. The Morgan fingerprint density at radius 2 is 1.78 bits per heavy atom. The van der Waals surface area contributed by atoms with Gasteiger partial charge in [-0.05, 0) is 25.0 Å². The van der Waals surface area contributed by atoms with Crippen LogP contribution in [0.3, 0.4) is 0 Å². The molecule has 128 valence electrons. The average Bonchev–Trinajstić information content (AvgIpc) is 2.85. The minimum atomic E-state index is -3.64. The summed E-state index contributed by atoms with van der Waals surface area (Å²) < 4.78 is 27.5. The van der Waals surface area contributed by atoms with Crippen LogP contribution in [0.4, 0.5) is 4.79 Å². The van der Waals surface area contributed by atoms with Crippen LogP contribution in [0.5, 0.6) is 0 Å². The van der Waals surface area contributed by atoms with Gasteiger partial charge in [0.1, 0.15) is 6.17 Å². The smallest absolute Gasteiger partial charge is 0.321 e. The van der Waals surface area contributed by atoms with Crippen molar-refractivity contribution in [2.45, 2.75) is 37.9 Å². The largest absolute Gasteiger partial charge is 0.331 e. The molecule has 0 bridgehead atoms. The maximum atomic E-state index is 13.0. The first-order valence-electron chi connectivity index (χ1n) is 7.74.